The van der Waals surface area contributed by atoms with Crippen LogP contribution in [-0.4, -0.2) is 37.5 Å². The predicted molar refractivity (Wildman–Crippen MR) is 73.2 cm³/mol. The van der Waals surface area contributed by atoms with Crippen LogP contribution in [0, 0.1) is 0 Å². The van der Waals surface area contributed by atoms with Crippen LogP contribution in [0.1, 0.15) is 12.5 Å². The fourth-order valence-corrected chi connectivity index (χ4v) is 2.27. The van der Waals surface area contributed by atoms with Crippen LogP contribution < -0.4 is 15.5 Å². The van der Waals surface area contributed by atoms with E-state index in [1.807, 2.05) is 0 Å². The lowest BCUT2D eigenvalue weighted by Gasteiger charge is -2.28. The lowest BCUT2D eigenvalue weighted by Crippen LogP contribution is -3.19. The molecule has 2 atom stereocenters. The van der Waals surface area contributed by atoms with Gasteiger partial charge in [-0.25, -0.2) is 0 Å². The summed E-state index contributed by atoms with van der Waals surface area (Å²) in [6, 6.07) is 3.80. The molecule has 1 heterocycles. The highest BCUT2D eigenvalue weighted by Gasteiger charge is 2.31. The molecule has 0 radical (unpaired) electrons. The number of alkyl halides is 3. The predicted octanol–water partition coefficient (Wildman–Crippen LogP) is 0.0471. The Kier molecular flexibility index (Phi) is 4.70. The van der Waals surface area contributed by atoms with E-state index in [2.05, 4.69) is 10.6 Å². The van der Waals surface area contributed by atoms with Gasteiger partial charge in [-0.1, -0.05) is 0 Å². The molecule has 1 aromatic carbocycles. The molecule has 0 saturated carbocycles. The van der Waals surface area contributed by atoms with E-state index >= 15 is 0 Å². The van der Waals surface area contributed by atoms with E-state index in [0.29, 0.717) is 18.8 Å². The molecule has 22 heavy (non-hydrogen) atoms. The van der Waals surface area contributed by atoms with Crippen molar-refractivity contribution >= 4 is 17.5 Å². The molecule has 1 aliphatic heterocycles. The molecule has 5 nitrogen and oxygen atoms in total. The lowest BCUT2D eigenvalue weighted by molar-refractivity contribution is -0.907. The van der Waals surface area contributed by atoms with Gasteiger partial charge in [0.05, 0.1) is 18.7 Å². The third-order valence-electron chi connectivity index (χ3n) is 3.64. The Morgan fingerprint density at radius 1 is 1.32 bits per heavy atom. The van der Waals surface area contributed by atoms with Gasteiger partial charge in [-0.2, -0.15) is 13.2 Å². The van der Waals surface area contributed by atoms with Crippen molar-refractivity contribution in [3.8, 4) is 0 Å². The Morgan fingerprint density at radius 2 is 1.95 bits per heavy atom. The van der Waals surface area contributed by atoms with Crippen molar-refractivity contribution in [1.82, 2.24) is 5.32 Å². The number of anilines is 1. The first-order valence-electron chi connectivity index (χ1n) is 6.87. The number of halogens is 3. The summed E-state index contributed by atoms with van der Waals surface area (Å²) in [6.07, 6.45) is -4.40. The summed E-state index contributed by atoms with van der Waals surface area (Å²) >= 11 is 0. The number of rotatable bonds is 3. The standard InChI is InChI=1S/C14H16F3N3O2/c1-9(20-7-6-18-12(21)8-20)13(22)19-11-4-2-10(3-5-11)14(15,16)17/h2-5,9H,6-8H2,1H3,(H,18,21)(H,19,22)/p+1/t9-/m0/s1. The molecule has 0 aliphatic carbocycles. The average molecular weight is 316 g/mol. The summed E-state index contributed by atoms with van der Waals surface area (Å²) in [7, 11) is 0. The molecular weight excluding hydrogens is 299 g/mol. The van der Waals surface area contributed by atoms with E-state index in [4.69, 9.17) is 0 Å². The quantitative estimate of drug-likeness (QED) is 0.738. The van der Waals surface area contributed by atoms with Crippen molar-refractivity contribution in [3.63, 3.8) is 0 Å². The summed E-state index contributed by atoms with van der Waals surface area (Å²) in [5.74, 6) is -0.445. The summed E-state index contributed by atoms with van der Waals surface area (Å²) in [5.41, 5.74) is -0.470. The Morgan fingerprint density at radius 3 is 2.50 bits per heavy atom. The molecule has 1 aromatic rings. The minimum Gasteiger partial charge on any atom is -0.346 e. The van der Waals surface area contributed by atoms with Crippen LogP contribution in [0.15, 0.2) is 24.3 Å². The van der Waals surface area contributed by atoms with Crippen LogP contribution in [0.4, 0.5) is 18.9 Å². The van der Waals surface area contributed by atoms with E-state index in [1.165, 1.54) is 12.1 Å². The molecular formula is C14H17F3N3O2+. The number of quaternary nitrogens is 1. The maximum absolute atomic E-state index is 12.5. The van der Waals surface area contributed by atoms with Crippen molar-refractivity contribution in [3.05, 3.63) is 29.8 Å². The number of amides is 2. The molecule has 0 spiro atoms. The van der Waals surface area contributed by atoms with E-state index in [0.717, 1.165) is 17.0 Å². The number of hydrogen-bond donors (Lipinski definition) is 3. The molecule has 1 aliphatic rings. The highest BCUT2D eigenvalue weighted by atomic mass is 19.4. The summed E-state index contributed by atoms with van der Waals surface area (Å²) in [5, 5.41) is 5.25. The molecule has 120 valence electrons. The van der Waals surface area contributed by atoms with Crippen molar-refractivity contribution < 1.29 is 27.7 Å². The topological polar surface area (TPSA) is 62.6 Å². The first-order chi connectivity index (χ1) is 10.3. The van der Waals surface area contributed by atoms with Crippen molar-refractivity contribution in [2.45, 2.75) is 19.1 Å². The number of hydrogen-bond acceptors (Lipinski definition) is 2. The van der Waals surface area contributed by atoms with Gasteiger partial charge in [0, 0.05) is 5.69 Å². The highest BCUT2D eigenvalue weighted by Crippen LogP contribution is 2.29. The zero-order valence-corrected chi connectivity index (χ0v) is 12.0. The maximum atomic E-state index is 12.5. The number of piperazine rings is 1. The number of benzene rings is 1. The minimum absolute atomic E-state index is 0.115. The maximum Gasteiger partial charge on any atom is 0.416 e. The second-order valence-corrected chi connectivity index (χ2v) is 5.22. The van der Waals surface area contributed by atoms with E-state index < -0.39 is 17.8 Å². The zero-order chi connectivity index (χ0) is 16.3. The smallest absolute Gasteiger partial charge is 0.346 e. The molecule has 1 saturated heterocycles. The first kappa shape index (κ1) is 16.3. The fraction of sp³-hybridized carbons (Fsp3) is 0.429. The molecule has 1 fully saturated rings. The van der Waals surface area contributed by atoms with Gasteiger partial charge in [-0.05, 0) is 31.2 Å². The van der Waals surface area contributed by atoms with Gasteiger partial charge < -0.3 is 15.5 Å². The Bertz CT molecular complexity index is 557. The Balaban J connectivity index is 1.97. The Labute approximate surface area is 125 Å². The third-order valence-corrected chi connectivity index (χ3v) is 3.64. The van der Waals surface area contributed by atoms with Crippen LogP contribution in [0.3, 0.4) is 0 Å². The lowest BCUT2D eigenvalue weighted by atomic mass is 10.2. The molecule has 1 unspecified atom stereocenters. The van der Waals surface area contributed by atoms with Gasteiger partial charge in [0.25, 0.3) is 11.8 Å². The normalized spacial score (nSPS) is 20.2. The second-order valence-electron chi connectivity index (χ2n) is 5.22. The number of carbonyl (C=O) groups is 2. The number of nitrogens with one attached hydrogen (secondary N) is 3. The molecule has 2 rings (SSSR count). The van der Waals surface area contributed by atoms with Crippen LogP contribution in [0.5, 0.6) is 0 Å². The van der Waals surface area contributed by atoms with Crippen LogP contribution in [-0.2, 0) is 15.8 Å². The molecule has 0 aromatic heterocycles. The zero-order valence-electron chi connectivity index (χ0n) is 12.0. The van der Waals surface area contributed by atoms with Gasteiger partial charge in [-0.3, -0.25) is 9.59 Å². The van der Waals surface area contributed by atoms with Crippen LogP contribution in [0.25, 0.3) is 0 Å². The van der Waals surface area contributed by atoms with Gasteiger partial charge in [0.1, 0.15) is 0 Å². The van der Waals surface area contributed by atoms with Crippen molar-refractivity contribution in [2.75, 3.05) is 25.0 Å². The number of carbonyl (C=O) groups excluding carboxylic acids is 2. The van der Waals surface area contributed by atoms with E-state index in [1.54, 1.807) is 6.92 Å². The van der Waals surface area contributed by atoms with E-state index in [9.17, 15) is 22.8 Å². The van der Waals surface area contributed by atoms with E-state index in [-0.39, 0.29) is 18.4 Å². The largest absolute Gasteiger partial charge is 0.416 e. The second kappa shape index (κ2) is 6.35. The molecule has 3 N–H and O–H groups in total. The summed E-state index contributed by atoms with van der Waals surface area (Å²) in [4.78, 5) is 24.3. The molecule has 2 amide bonds. The van der Waals surface area contributed by atoms with Crippen LogP contribution in [0.2, 0.25) is 0 Å². The van der Waals surface area contributed by atoms with Crippen molar-refractivity contribution in [2.24, 2.45) is 0 Å². The minimum atomic E-state index is -4.40. The summed E-state index contributed by atoms with van der Waals surface area (Å²) < 4.78 is 37.4. The van der Waals surface area contributed by atoms with Crippen molar-refractivity contribution in [1.29, 1.82) is 0 Å². The average Bonchev–Trinajstić information content (AvgIpc) is 2.46. The van der Waals surface area contributed by atoms with Gasteiger partial charge in [0.2, 0.25) is 0 Å². The SMILES string of the molecule is C[C@@H](C(=O)Nc1ccc(C(F)(F)F)cc1)[NH+]1CCNC(=O)C1. The first-order valence-corrected chi connectivity index (χ1v) is 6.87. The van der Waals surface area contributed by atoms with Crippen LogP contribution >= 0.6 is 0 Å². The van der Waals surface area contributed by atoms with Gasteiger partial charge in [0.15, 0.2) is 12.6 Å². The fourth-order valence-electron chi connectivity index (χ4n) is 2.27. The summed E-state index contributed by atoms with van der Waals surface area (Å²) in [6.45, 7) is 3.04. The molecule has 8 heteroatoms. The Hall–Kier alpha value is -2.09. The highest BCUT2D eigenvalue weighted by molar-refractivity contribution is 5.93. The molecule has 0 bridgehead atoms. The van der Waals surface area contributed by atoms with Gasteiger partial charge in [-0.15, -0.1) is 0 Å². The monoisotopic (exact) mass is 316 g/mol. The van der Waals surface area contributed by atoms with Gasteiger partial charge >= 0.3 is 6.18 Å². The third kappa shape index (κ3) is 3.97.